The Morgan fingerprint density at radius 1 is 1.26 bits per heavy atom. The molecule has 1 aliphatic rings. The van der Waals surface area contributed by atoms with Crippen LogP contribution in [-0.4, -0.2) is 25.3 Å². The summed E-state index contributed by atoms with van der Waals surface area (Å²) in [6.07, 6.45) is 2.55. The van der Waals surface area contributed by atoms with Crippen LogP contribution in [0.4, 0.5) is 13.2 Å². The molecule has 1 aromatic carbocycles. The molecule has 0 aliphatic carbocycles. The maximum absolute atomic E-state index is 12.9. The summed E-state index contributed by atoms with van der Waals surface area (Å²) in [5.41, 5.74) is -0.354. The van der Waals surface area contributed by atoms with E-state index in [1.54, 1.807) is 0 Å². The molecule has 2 rings (SSSR count). The Kier molecular flexibility index (Phi) is 4.42. The molecular weight excluding hydrogens is 261 g/mol. The lowest BCUT2D eigenvalue weighted by atomic mass is 10.1. The monoisotopic (exact) mass is 274 g/mol. The van der Waals surface area contributed by atoms with Crippen LogP contribution in [0, 0.1) is 17.5 Å². The SMILES string of the molecule is O=C(OCC1CCCCO1)c1cc(F)c(F)c(F)c1. The third-order valence-electron chi connectivity index (χ3n) is 2.89. The molecule has 1 aliphatic heterocycles. The molecule has 0 aromatic heterocycles. The molecule has 1 aromatic rings. The van der Waals surface area contributed by atoms with E-state index in [9.17, 15) is 18.0 Å². The highest BCUT2D eigenvalue weighted by atomic mass is 19.2. The molecular formula is C13H13F3O3. The zero-order chi connectivity index (χ0) is 13.8. The number of carbonyl (C=O) groups is 1. The first-order chi connectivity index (χ1) is 9.08. The Labute approximate surface area is 108 Å². The fourth-order valence-electron chi connectivity index (χ4n) is 1.86. The van der Waals surface area contributed by atoms with Gasteiger partial charge < -0.3 is 9.47 Å². The minimum atomic E-state index is -1.60. The van der Waals surface area contributed by atoms with Crippen molar-refractivity contribution in [1.82, 2.24) is 0 Å². The van der Waals surface area contributed by atoms with E-state index in [1.807, 2.05) is 0 Å². The smallest absolute Gasteiger partial charge is 0.338 e. The highest BCUT2D eigenvalue weighted by Gasteiger charge is 2.19. The van der Waals surface area contributed by atoms with Crippen LogP contribution in [-0.2, 0) is 9.47 Å². The van der Waals surface area contributed by atoms with Crippen molar-refractivity contribution in [2.45, 2.75) is 25.4 Å². The molecule has 104 valence electrons. The number of hydrogen-bond acceptors (Lipinski definition) is 3. The second kappa shape index (κ2) is 6.06. The molecule has 1 saturated heterocycles. The van der Waals surface area contributed by atoms with Gasteiger partial charge in [-0.1, -0.05) is 0 Å². The Bertz CT molecular complexity index is 447. The number of benzene rings is 1. The summed E-state index contributed by atoms with van der Waals surface area (Å²) in [5.74, 6) is -5.33. The minimum Gasteiger partial charge on any atom is -0.459 e. The van der Waals surface area contributed by atoms with Crippen LogP contribution < -0.4 is 0 Å². The molecule has 3 nitrogen and oxygen atoms in total. The zero-order valence-electron chi connectivity index (χ0n) is 10.1. The third-order valence-corrected chi connectivity index (χ3v) is 2.89. The second-order valence-electron chi connectivity index (χ2n) is 4.34. The molecule has 19 heavy (non-hydrogen) atoms. The molecule has 0 amide bonds. The molecule has 1 fully saturated rings. The average molecular weight is 274 g/mol. The number of esters is 1. The first-order valence-corrected chi connectivity index (χ1v) is 6.01. The Morgan fingerprint density at radius 2 is 1.95 bits per heavy atom. The molecule has 0 radical (unpaired) electrons. The van der Waals surface area contributed by atoms with Crippen molar-refractivity contribution in [2.75, 3.05) is 13.2 Å². The summed E-state index contributed by atoms with van der Waals surface area (Å²) in [6, 6.07) is 1.23. The fraction of sp³-hybridized carbons (Fsp3) is 0.462. The maximum Gasteiger partial charge on any atom is 0.338 e. The molecule has 0 bridgehead atoms. The van der Waals surface area contributed by atoms with E-state index in [0.29, 0.717) is 18.7 Å². The lowest BCUT2D eigenvalue weighted by Crippen LogP contribution is -2.26. The second-order valence-corrected chi connectivity index (χ2v) is 4.34. The Balaban J connectivity index is 1.96. The van der Waals surface area contributed by atoms with Crippen LogP contribution in [0.15, 0.2) is 12.1 Å². The molecule has 0 N–H and O–H groups in total. The van der Waals surface area contributed by atoms with E-state index in [0.717, 1.165) is 19.3 Å². The lowest BCUT2D eigenvalue weighted by Gasteiger charge is -2.22. The van der Waals surface area contributed by atoms with Crippen LogP contribution in [0.3, 0.4) is 0 Å². The maximum atomic E-state index is 12.9. The van der Waals surface area contributed by atoms with E-state index < -0.39 is 23.4 Å². The van der Waals surface area contributed by atoms with Crippen LogP contribution >= 0.6 is 0 Å². The summed E-state index contributed by atoms with van der Waals surface area (Å²) in [5, 5.41) is 0. The van der Waals surface area contributed by atoms with Gasteiger partial charge in [0.15, 0.2) is 17.5 Å². The lowest BCUT2D eigenvalue weighted by molar-refractivity contribution is -0.0300. The van der Waals surface area contributed by atoms with Gasteiger partial charge in [0.1, 0.15) is 6.61 Å². The van der Waals surface area contributed by atoms with E-state index in [4.69, 9.17) is 9.47 Å². The summed E-state index contributed by atoms with van der Waals surface area (Å²) < 4.78 is 48.9. The van der Waals surface area contributed by atoms with Crippen molar-refractivity contribution in [3.05, 3.63) is 35.1 Å². The van der Waals surface area contributed by atoms with Crippen molar-refractivity contribution in [2.24, 2.45) is 0 Å². The van der Waals surface area contributed by atoms with Crippen LogP contribution in [0.25, 0.3) is 0 Å². The normalized spacial score (nSPS) is 19.2. The molecule has 1 heterocycles. The summed E-state index contributed by atoms with van der Waals surface area (Å²) in [4.78, 5) is 11.6. The van der Waals surface area contributed by atoms with Gasteiger partial charge in [-0.05, 0) is 31.4 Å². The zero-order valence-corrected chi connectivity index (χ0v) is 10.1. The van der Waals surface area contributed by atoms with Crippen molar-refractivity contribution < 1.29 is 27.4 Å². The predicted octanol–water partition coefficient (Wildman–Crippen LogP) is 2.83. The Morgan fingerprint density at radius 3 is 2.53 bits per heavy atom. The minimum absolute atomic E-state index is 0.0272. The quantitative estimate of drug-likeness (QED) is 0.628. The highest BCUT2D eigenvalue weighted by molar-refractivity contribution is 5.89. The summed E-state index contributed by atoms with van der Waals surface area (Å²) >= 11 is 0. The van der Waals surface area contributed by atoms with Gasteiger partial charge in [0.2, 0.25) is 0 Å². The fourth-order valence-corrected chi connectivity index (χ4v) is 1.86. The Hall–Kier alpha value is -1.56. The predicted molar refractivity (Wildman–Crippen MR) is 60.2 cm³/mol. The molecule has 0 spiro atoms. The summed E-state index contributed by atoms with van der Waals surface area (Å²) in [6.45, 7) is 0.640. The number of ether oxygens (including phenoxy) is 2. The first kappa shape index (κ1) is 13.9. The molecule has 0 saturated carbocycles. The largest absolute Gasteiger partial charge is 0.459 e. The topological polar surface area (TPSA) is 35.5 Å². The third kappa shape index (κ3) is 3.47. The van der Waals surface area contributed by atoms with Crippen LogP contribution in [0.2, 0.25) is 0 Å². The van der Waals surface area contributed by atoms with E-state index in [1.165, 1.54) is 0 Å². The molecule has 6 heteroatoms. The van der Waals surface area contributed by atoms with Gasteiger partial charge in [-0.3, -0.25) is 0 Å². The van der Waals surface area contributed by atoms with Gasteiger partial charge >= 0.3 is 5.97 Å². The van der Waals surface area contributed by atoms with Crippen LogP contribution in [0.1, 0.15) is 29.6 Å². The molecule has 1 atom stereocenters. The van der Waals surface area contributed by atoms with Gasteiger partial charge in [0, 0.05) is 6.61 Å². The first-order valence-electron chi connectivity index (χ1n) is 6.01. The molecule has 1 unspecified atom stereocenters. The van der Waals surface area contributed by atoms with Gasteiger partial charge in [-0.2, -0.15) is 0 Å². The van der Waals surface area contributed by atoms with Crippen molar-refractivity contribution >= 4 is 5.97 Å². The number of halogens is 3. The van der Waals surface area contributed by atoms with Gasteiger partial charge in [-0.25, -0.2) is 18.0 Å². The van der Waals surface area contributed by atoms with Gasteiger partial charge in [0.05, 0.1) is 11.7 Å². The standard InChI is InChI=1S/C13H13F3O3/c14-10-5-8(6-11(15)12(10)16)13(17)19-7-9-3-1-2-4-18-9/h5-6,9H,1-4,7H2. The average Bonchev–Trinajstić information content (AvgIpc) is 2.42. The number of carbonyl (C=O) groups excluding carboxylic acids is 1. The van der Waals surface area contributed by atoms with Crippen LogP contribution in [0.5, 0.6) is 0 Å². The van der Waals surface area contributed by atoms with Gasteiger partial charge in [-0.15, -0.1) is 0 Å². The van der Waals surface area contributed by atoms with Gasteiger partial charge in [0.25, 0.3) is 0 Å². The number of rotatable bonds is 3. The number of hydrogen-bond donors (Lipinski definition) is 0. The van der Waals surface area contributed by atoms with E-state index in [-0.39, 0.29) is 18.3 Å². The van der Waals surface area contributed by atoms with E-state index >= 15 is 0 Å². The highest BCUT2D eigenvalue weighted by Crippen LogP contribution is 2.16. The van der Waals surface area contributed by atoms with E-state index in [2.05, 4.69) is 0 Å². The summed E-state index contributed by atoms with van der Waals surface area (Å²) in [7, 11) is 0. The van der Waals surface area contributed by atoms with Crippen molar-refractivity contribution in [3.63, 3.8) is 0 Å². The van der Waals surface area contributed by atoms with Crippen molar-refractivity contribution in [1.29, 1.82) is 0 Å². The van der Waals surface area contributed by atoms with Crippen molar-refractivity contribution in [3.8, 4) is 0 Å².